The second-order valence-corrected chi connectivity index (χ2v) is 5.09. The molecular weight excluding hydrogens is 218 g/mol. The van der Waals surface area contributed by atoms with Gasteiger partial charge in [0.25, 0.3) is 0 Å². The van der Waals surface area contributed by atoms with E-state index in [1.54, 1.807) is 0 Å². The zero-order chi connectivity index (χ0) is 13.0. The molecule has 0 saturated carbocycles. The van der Waals surface area contributed by atoms with E-state index in [2.05, 4.69) is 68.2 Å². The molecule has 0 bridgehead atoms. The first-order chi connectivity index (χ1) is 8.68. The van der Waals surface area contributed by atoms with Crippen molar-refractivity contribution in [2.45, 2.75) is 20.8 Å². The minimum atomic E-state index is 0.833. The third-order valence-corrected chi connectivity index (χ3v) is 2.50. The van der Waals surface area contributed by atoms with Gasteiger partial charge in [0.15, 0.2) is 0 Å². The zero-order valence-corrected chi connectivity index (χ0v) is 11.2. The largest absolute Gasteiger partial charge is 0.256 e. The smallest absolute Gasteiger partial charge is 0.0780 e. The average Bonchev–Trinajstić information content (AvgIpc) is 2.38. The number of hydrogen-bond donors (Lipinski definition) is 0. The van der Waals surface area contributed by atoms with Crippen LogP contribution in [0, 0.1) is 5.92 Å². The molecule has 92 valence electrons. The Morgan fingerprint density at radius 1 is 0.778 bits per heavy atom. The van der Waals surface area contributed by atoms with Gasteiger partial charge in [-0.3, -0.25) is 4.98 Å². The van der Waals surface area contributed by atoms with E-state index in [0.717, 1.165) is 11.4 Å². The van der Waals surface area contributed by atoms with Gasteiger partial charge in [0, 0.05) is 17.0 Å². The van der Waals surface area contributed by atoms with Crippen molar-refractivity contribution in [3.8, 4) is 0 Å². The molecule has 0 aliphatic heterocycles. The summed E-state index contributed by atoms with van der Waals surface area (Å²) >= 11 is 0. The van der Waals surface area contributed by atoms with Crippen molar-refractivity contribution in [3.63, 3.8) is 0 Å². The highest BCUT2D eigenvalue weighted by atomic mass is 14.6. The lowest BCUT2D eigenvalue weighted by Gasteiger charge is -2.01. The van der Waals surface area contributed by atoms with Crippen molar-refractivity contribution in [3.05, 3.63) is 54.7 Å². The summed E-state index contributed by atoms with van der Waals surface area (Å²) in [5, 5.41) is 3.68. The SMILES string of the molecule is CC(C)C.c1ccc2c(c1)ccc1cccnc12. The van der Waals surface area contributed by atoms with E-state index in [1.165, 1.54) is 16.2 Å². The quantitative estimate of drug-likeness (QED) is 0.498. The summed E-state index contributed by atoms with van der Waals surface area (Å²) < 4.78 is 0. The summed E-state index contributed by atoms with van der Waals surface area (Å²) in [5.41, 5.74) is 1.09. The minimum Gasteiger partial charge on any atom is -0.256 e. The van der Waals surface area contributed by atoms with E-state index in [9.17, 15) is 0 Å². The lowest BCUT2D eigenvalue weighted by Crippen LogP contribution is -1.79. The van der Waals surface area contributed by atoms with Gasteiger partial charge >= 0.3 is 0 Å². The highest BCUT2D eigenvalue weighted by Gasteiger charge is 1.98. The first-order valence-corrected chi connectivity index (χ1v) is 6.41. The molecule has 3 aromatic rings. The molecule has 0 fully saturated rings. The van der Waals surface area contributed by atoms with Gasteiger partial charge in [-0.05, 0) is 17.4 Å². The molecule has 0 spiro atoms. The standard InChI is InChI=1S/C13H9N.C4H10/c1-2-6-12-10(4-1)7-8-11-5-3-9-14-13(11)12;1-4(2)3/h1-9H;4H,1-3H3. The third-order valence-electron chi connectivity index (χ3n) is 2.50. The molecule has 0 radical (unpaired) electrons. The van der Waals surface area contributed by atoms with Gasteiger partial charge in [0.05, 0.1) is 5.52 Å². The van der Waals surface area contributed by atoms with Gasteiger partial charge in [-0.15, -0.1) is 0 Å². The van der Waals surface area contributed by atoms with E-state index >= 15 is 0 Å². The Kier molecular flexibility index (Phi) is 3.93. The predicted molar refractivity (Wildman–Crippen MR) is 79.8 cm³/mol. The topological polar surface area (TPSA) is 12.9 Å². The fourth-order valence-corrected chi connectivity index (χ4v) is 1.81. The van der Waals surface area contributed by atoms with Crippen LogP contribution in [0.2, 0.25) is 0 Å². The van der Waals surface area contributed by atoms with Crippen LogP contribution in [0.3, 0.4) is 0 Å². The lowest BCUT2D eigenvalue weighted by atomic mass is 10.1. The summed E-state index contributed by atoms with van der Waals surface area (Å²) in [5.74, 6) is 0.833. The van der Waals surface area contributed by atoms with Crippen LogP contribution in [0.5, 0.6) is 0 Å². The maximum Gasteiger partial charge on any atom is 0.0780 e. The molecule has 1 heteroatoms. The van der Waals surface area contributed by atoms with Gasteiger partial charge in [-0.25, -0.2) is 0 Å². The fourth-order valence-electron chi connectivity index (χ4n) is 1.81. The highest BCUT2D eigenvalue weighted by molar-refractivity contribution is 6.04. The molecule has 1 nitrogen and oxygen atoms in total. The molecular formula is C17H19N. The summed E-state index contributed by atoms with van der Waals surface area (Å²) in [6.45, 7) is 6.50. The Hall–Kier alpha value is -1.89. The van der Waals surface area contributed by atoms with Crippen molar-refractivity contribution in [1.82, 2.24) is 4.98 Å². The molecule has 0 aliphatic rings. The Bertz CT molecular complexity index is 583. The van der Waals surface area contributed by atoms with Crippen molar-refractivity contribution in [2.24, 2.45) is 5.92 Å². The maximum absolute atomic E-state index is 4.41. The molecule has 0 N–H and O–H groups in total. The van der Waals surface area contributed by atoms with E-state index in [0.29, 0.717) is 0 Å². The van der Waals surface area contributed by atoms with Crippen LogP contribution in [-0.4, -0.2) is 4.98 Å². The lowest BCUT2D eigenvalue weighted by molar-refractivity contribution is 0.737. The molecule has 1 aromatic heterocycles. The fraction of sp³-hybridized carbons (Fsp3) is 0.235. The first-order valence-electron chi connectivity index (χ1n) is 6.41. The molecule has 18 heavy (non-hydrogen) atoms. The van der Waals surface area contributed by atoms with Crippen molar-refractivity contribution in [1.29, 1.82) is 0 Å². The van der Waals surface area contributed by atoms with Gasteiger partial charge in [-0.2, -0.15) is 0 Å². The van der Waals surface area contributed by atoms with Crippen LogP contribution in [0.1, 0.15) is 20.8 Å². The number of fused-ring (bicyclic) bond motifs is 3. The van der Waals surface area contributed by atoms with Crippen molar-refractivity contribution in [2.75, 3.05) is 0 Å². The predicted octanol–water partition coefficient (Wildman–Crippen LogP) is 5.05. The van der Waals surface area contributed by atoms with Crippen molar-refractivity contribution < 1.29 is 0 Å². The molecule has 1 heterocycles. The highest BCUT2D eigenvalue weighted by Crippen LogP contribution is 2.22. The molecule has 0 atom stereocenters. The molecule has 0 saturated heterocycles. The number of nitrogens with zero attached hydrogens (tertiary/aromatic N) is 1. The number of rotatable bonds is 0. The molecule has 0 aliphatic carbocycles. The van der Waals surface area contributed by atoms with Crippen LogP contribution in [0.25, 0.3) is 21.7 Å². The zero-order valence-electron chi connectivity index (χ0n) is 11.2. The van der Waals surface area contributed by atoms with E-state index in [-0.39, 0.29) is 0 Å². The maximum atomic E-state index is 4.41. The molecule has 0 unspecified atom stereocenters. The average molecular weight is 237 g/mol. The minimum absolute atomic E-state index is 0.833. The van der Waals surface area contributed by atoms with E-state index in [1.807, 2.05) is 12.3 Å². The first kappa shape index (κ1) is 12.6. The molecule has 0 amide bonds. The number of benzene rings is 2. The molecule has 3 rings (SSSR count). The summed E-state index contributed by atoms with van der Waals surface area (Å²) in [4.78, 5) is 4.41. The number of pyridine rings is 1. The molecule has 2 aromatic carbocycles. The number of hydrogen-bond acceptors (Lipinski definition) is 1. The second kappa shape index (κ2) is 5.63. The Labute approximate surface area is 108 Å². The van der Waals surface area contributed by atoms with Crippen LogP contribution in [-0.2, 0) is 0 Å². The van der Waals surface area contributed by atoms with Gasteiger partial charge in [0.1, 0.15) is 0 Å². The monoisotopic (exact) mass is 237 g/mol. The Balaban J connectivity index is 0.000000267. The van der Waals surface area contributed by atoms with E-state index in [4.69, 9.17) is 0 Å². The third kappa shape index (κ3) is 2.86. The normalized spacial score (nSPS) is 10.4. The summed E-state index contributed by atoms with van der Waals surface area (Å²) in [6, 6.07) is 16.7. The van der Waals surface area contributed by atoms with Gasteiger partial charge in [-0.1, -0.05) is 63.2 Å². The second-order valence-electron chi connectivity index (χ2n) is 5.09. The summed E-state index contributed by atoms with van der Waals surface area (Å²) in [7, 11) is 0. The van der Waals surface area contributed by atoms with Crippen LogP contribution in [0.4, 0.5) is 0 Å². The Morgan fingerprint density at radius 2 is 1.39 bits per heavy atom. The Morgan fingerprint density at radius 3 is 2.17 bits per heavy atom. The van der Waals surface area contributed by atoms with Crippen LogP contribution >= 0.6 is 0 Å². The van der Waals surface area contributed by atoms with Crippen LogP contribution < -0.4 is 0 Å². The van der Waals surface area contributed by atoms with E-state index < -0.39 is 0 Å². The van der Waals surface area contributed by atoms with Gasteiger partial charge in [0.2, 0.25) is 0 Å². The number of aromatic nitrogens is 1. The summed E-state index contributed by atoms with van der Waals surface area (Å²) in [6.07, 6.45) is 1.84. The van der Waals surface area contributed by atoms with Crippen molar-refractivity contribution >= 4 is 21.7 Å². The van der Waals surface area contributed by atoms with Crippen LogP contribution in [0.15, 0.2) is 54.7 Å². The van der Waals surface area contributed by atoms with Gasteiger partial charge < -0.3 is 0 Å².